The summed E-state index contributed by atoms with van der Waals surface area (Å²) in [7, 11) is 0. The van der Waals surface area contributed by atoms with Crippen molar-refractivity contribution in [1.29, 1.82) is 0 Å². The van der Waals surface area contributed by atoms with Crippen LogP contribution in [-0.4, -0.2) is 5.16 Å². The Morgan fingerprint density at radius 3 is 2.03 bits per heavy atom. The molecule has 0 aliphatic carbocycles. The maximum absolute atomic E-state index is 5.38. The average Bonchev–Trinajstić information content (AvgIpc) is 3.18. The number of rotatable bonds is 8. The summed E-state index contributed by atoms with van der Waals surface area (Å²) in [5.74, 6) is 2.06. The van der Waals surface area contributed by atoms with Gasteiger partial charge in [-0.2, -0.15) is 0 Å². The molecule has 0 saturated heterocycles. The highest BCUT2D eigenvalue weighted by atomic mass is 16.5. The van der Waals surface area contributed by atoms with E-state index in [0.717, 1.165) is 34.8 Å². The third-order valence-corrected chi connectivity index (χ3v) is 4.71. The number of hydrogen-bond donors (Lipinski definition) is 3. The molecule has 3 rings (SSSR count). The number of nitrogens with one attached hydrogen (secondary N) is 3. The van der Waals surface area contributed by atoms with Crippen molar-refractivity contribution in [2.75, 3.05) is 16.0 Å². The van der Waals surface area contributed by atoms with E-state index in [1.54, 1.807) is 0 Å². The fourth-order valence-electron chi connectivity index (χ4n) is 2.87. The molecule has 0 radical (unpaired) electrons. The summed E-state index contributed by atoms with van der Waals surface area (Å²) in [4.78, 5) is 0. The molecule has 0 spiro atoms. The van der Waals surface area contributed by atoms with Crippen LogP contribution in [0.3, 0.4) is 0 Å². The standard InChI is InChI=1S/C25H30N4O/c1-7-19-8-10-20(11-9-19)17(2)26-21-12-14-22(15-13-21)27-18(3)28-24-16-23(30-29-24)25(4,5)6/h8-16,26-27H,2-3,7H2,1,4-6H3,(H,28,29). The Hall–Kier alpha value is -3.47. The van der Waals surface area contributed by atoms with Crippen LogP contribution in [0.2, 0.25) is 0 Å². The molecule has 0 bridgehead atoms. The van der Waals surface area contributed by atoms with Gasteiger partial charge in [0.05, 0.1) is 0 Å². The van der Waals surface area contributed by atoms with E-state index in [4.69, 9.17) is 4.52 Å². The Kier molecular flexibility index (Phi) is 6.31. The molecule has 1 aromatic heterocycles. The Bertz CT molecular complexity index is 1010. The highest BCUT2D eigenvalue weighted by Gasteiger charge is 2.19. The highest BCUT2D eigenvalue weighted by Crippen LogP contribution is 2.25. The molecule has 5 heteroatoms. The highest BCUT2D eigenvalue weighted by molar-refractivity contribution is 5.76. The van der Waals surface area contributed by atoms with Crippen molar-refractivity contribution < 1.29 is 4.52 Å². The second-order valence-corrected chi connectivity index (χ2v) is 8.29. The van der Waals surface area contributed by atoms with E-state index in [2.05, 4.69) is 86.2 Å². The van der Waals surface area contributed by atoms with Crippen molar-refractivity contribution in [1.82, 2.24) is 5.16 Å². The fourth-order valence-corrected chi connectivity index (χ4v) is 2.87. The van der Waals surface area contributed by atoms with Crippen LogP contribution in [0.15, 0.2) is 78.1 Å². The van der Waals surface area contributed by atoms with Crippen molar-refractivity contribution in [3.63, 3.8) is 0 Å². The van der Waals surface area contributed by atoms with Crippen molar-refractivity contribution >= 4 is 22.9 Å². The third-order valence-electron chi connectivity index (χ3n) is 4.71. The molecule has 5 nitrogen and oxygen atoms in total. The molecule has 0 fully saturated rings. The second kappa shape index (κ2) is 8.91. The summed E-state index contributed by atoms with van der Waals surface area (Å²) in [6.07, 6.45) is 1.03. The van der Waals surface area contributed by atoms with Gasteiger partial charge in [0.25, 0.3) is 0 Å². The van der Waals surface area contributed by atoms with Gasteiger partial charge in [-0.3, -0.25) is 0 Å². The minimum Gasteiger partial charge on any atom is -0.359 e. The van der Waals surface area contributed by atoms with Crippen LogP contribution in [-0.2, 0) is 11.8 Å². The van der Waals surface area contributed by atoms with E-state index in [1.807, 2.05) is 30.3 Å². The predicted molar refractivity (Wildman–Crippen MR) is 127 cm³/mol. The zero-order valence-corrected chi connectivity index (χ0v) is 18.2. The average molecular weight is 403 g/mol. The van der Waals surface area contributed by atoms with Gasteiger partial charge in [-0.05, 0) is 41.8 Å². The second-order valence-electron chi connectivity index (χ2n) is 8.29. The van der Waals surface area contributed by atoms with E-state index >= 15 is 0 Å². The van der Waals surface area contributed by atoms with Gasteiger partial charge in [0.15, 0.2) is 5.82 Å². The number of nitrogens with zero attached hydrogens (tertiary/aromatic N) is 1. The number of anilines is 3. The maximum atomic E-state index is 5.38. The smallest absolute Gasteiger partial charge is 0.175 e. The van der Waals surface area contributed by atoms with Crippen LogP contribution in [0.4, 0.5) is 17.2 Å². The molecular weight excluding hydrogens is 372 g/mol. The summed E-state index contributed by atoms with van der Waals surface area (Å²) >= 11 is 0. The molecule has 0 aliphatic rings. The first kappa shape index (κ1) is 21.2. The van der Waals surface area contributed by atoms with E-state index in [1.165, 1.54) is 5.56 Å². The first-order valence-corrected chi connectivity index (χ1v) is 10.1. The van der Waals surface area contributed by atoms with Gasteiger partial charge in [-0.15, -0.1) is 0 Å². The first-order chi connectivity index (χ1) is 14.2. The van der Waals surface area contributed by atoms with Crippen LogP contribution < -0.4 is 16.0 Å². The van der Waals surface area contributed by atoms with Crippen LogP contribution in [0.25, 0.3) is 5.70 Å². The lowest BCUT2D eigenvalue weighted by atomic mass is 9.93. The molecule has 156 valence electrons. The van der Waals surface area contributed by atoms with Gasteiger partial charge in [-0.25, -0.2) is 0 Å². The minimum absolute atomic E-state index is 0.0907. The molecule has 0 aliphatic heterocycles. The van der Waals surface area contributed by atoms with Crippen molar-refractivity contribution in [2.24, 2.45) is 0 Å². The third kappa shape index (κ3) is 5.54. The SMILES string of the molecule is C=C(Nc1ccc(NC(=C)c2ccc(CC)cc2)cc1)Nc1cc(C(C)(C)C)on1. The van der Waals surface area contributed by atoms with Crippen LogP contribution >= 0.6 is 0 Å². The summed E-state index contributed by atoms with van der Waals surface area (Å²) in [6, 6.07) is 18.3. The summed E-state index contributed by atoms with van der Waals surface area (Å²) in [6.45, 7) is 16.5. The van der Waals surface area contributed by atoms with Gasteiger partial charge in [0.2, 0.25) is 0 Å². The van der Waals surface area contributed by atoms with E-state index in [0.29, 0.717) is 11.6 Å². The summed E-state index contributed by atoms with van der Waals surface area (Å²) in [5.41, 5.74) is 5.05. The summed E-state index contributed by atoms with van der Waals surface area (Å²) < 4.78 is 5.38. The first-order valence-electron chi connectivity index (χ1n) is 10.1. The lowest BCUT2D eigenvalue weighted by Gasteiger charge is -2.13. The number of aryl methyl sites for hydroxylation is 1. The van der Waals surface area contributed by atoms with Crippen LogP contribution in [0, 0.1) is 0 Å². The topological polar surface area (TPSA) is 62.1 Å². The molecule has 0 saturated carbocycles. The van der Waals surface area contributed by atoms with Gasteiger partial charge in [0.1, 0.15) is 11.6 Å². The molecule has 2 aromatic carbocycles. The number of aromatic nitrogens is 1. The fraction of sp³-hybridized carbons (Fsp3) is 0.240. The normalized spacial score (nSPS) is 11.1. The maximum Gasteiger partial charge on any atom is 0.175 e. The van der Waals surface area contributed by atoms with Crippen molar-refractivity contribution in [2.45, 2.75) is 39.5 Å². The monoisotopic (exact) mass is 402 g/mol. The van der Waals surface area contributed by atoms with E-state index in [9.17, 15) is 0 Å². The number of hydrogen-bond acceptors (Lipinski definition) is 5. The van der Waals surface area contributed by atoms with Crippen LogP contribution in [0.1, 0.15) is 44.6 Å². The molecule has 3 aromatic rings. The van der Waals surface area contributed by atoms with E-state index in [-0.39, 0.29) is 5.41 Å². The van der Waals surface area contributed by atoms with Crippen molar-refractivity contribution in [3.8, 4) is 0 Å². The molecule has 1 heterocycles. The Labute approximate surface area is 178 Å². The molecule has 0 unspecified atom stereocenters. The van der Waals surface area contributed by atoms with Crippen LogP contribution in [0.5, 0.6) is 0 Å². The van der Waals surface area contributed by atoms with E-state index < -0.39 is 0 Å². The molecule has 3 N–H and O–H groups in total. The van der Waals surface area contributed by atoms with Gasteiger partial charge >= 0.3 is 0 Å². The Morgan fingerprint density at radius 1 is 0.900 bits per heavy atom. The zero-order valence-electron chi connectivity index (χ0n) is 18.2. The summed E-state index contributed by atoms with van der Waals surface area (Å²) in [5, 5.41) is 13.7. The lowest BCUT2D eigenvalue weighted by Crippen LogP contribution is -2.10. The minimum atomic E-state index is -0.0907. The van der Waals surface area contributed by atoms with Gasteiger partial charge in [-0.1, -0.05) is 70.3 Å². The van der Waals surface area contributed by atoms with Gasteiger partial charge in [0, 0.05) is 28.6 Å². The zero-order chi connectivity index (χ0) is 21.7. The predicted octanol–water partition coefficient (Wildman–Crippen LogP) is 6.61. The molecular formula is C25H30N4O. The van der Waals surface area contributed by atoms with Gasteiger partial charge < -0.3 is 20.5 Å². The lowest BCUT2D eigenvalue weighted by molar-refractivity contribution is 0.331. The largest absolute Gasteiger partial charge is 0.359 e. The Morgan fingerprint density at radius 2 is 1.50 bits per heavy atom. The van der Waals surface area contributed by atoms with Crippen molar-refractivity contribution in [3.05, 3.63) is 90.5 Å². The Balaban J connectivity index is 1.55. The molecule has 30 heavy (non-hydrogen) atoms. The number of benzene rings is 2. The quantitative estimate of drug-likeness (QED) is 0.395. The molecule has 0 atom stereocenters. The molecule has 0 amide bonds.